The summed E-state index contributed by atoms with van der Waals surface area (Å²) in [5.41, 5.74) is 1.59. The second-order valence-electron chi connectivity index (χ2n) is 2.74. The quantitative estimate of drug-likeness (QED) is 0.565. The van der Waals surface area contributed by atoms with Crippen LogP contribution in [0.15, 0.2) is 17.0 Å². The number of hydrogen-bond acceptors (Lipinski definition) is 4. The van der Waals surface area contributed by atoms with Gasteiger partial charge in [-0.15, -0.1) is 12.6 Å². The van der Waals surface area contributed by atoms with E-state index in [1.54, 1.807) is 19.1 Å². The molecule has 0 saturated carbocycles. The van der Waals surface area contributed by atoms with Crippen LogP contribution in [-0.2, 0) is 4.74 Å². The maximum Gasteiger partial charge on any atom is 0.338 e. The Labute approximate surface area is 87.7 Å². The largest absolute Gasteiger partial charge is 0.465 e. The standard InChI is InChI=1S/C10H9NO2S/c1-6-7(5-11)3-4-8(9(6)14)10(12)13-2/h3-4,14H,1-2H3. The van der Waals surface area contributed by atoms with Gasteiger partial charge in [0.15, 0.2) is 0 Å². The molecule has 0 fully saturated rings. The number of carbonyl (C=O) groups is 1. The van der Waals surface area contributed by atoms with E-state index in [2.05, 4.69) is 17.4 Å². The summed E-state index contributed by atoms with van der Waals surface area (Å²) in [5.74, 6) is -0.442. The van der Waals surface area contributed by atoms with Crippen molar-refractivity contribution in [2.24, 2.45) is 0 Å². The number of thiol groups is 1. The molecule has 3 nitrogen and oxygen atoms in total. The zero-order valence-electron chi connectivity index (χ0n) is 7.87. The molecule has 0 aliphatic rings. The summed E-state index contributed by atoms with van der Waals surface area (Å²) in [6.45, 7) is 1.74. The van der Waals surface area contributed by atoms with Crippen LogP contribution in [0.1, 0.15) is 21.5 Å². The average molecular weight is 207 g/mol. The summed E-state index contributed by atoms with van der Waals surface area (Å²) >= 11 is 4.18. The number of benzene rings is 1. The molecule has 0 amide bonds. The van der Waals surface area contributed by atoms with Crippen LogP contribution in [0.5, 0.6) is 0 Å². The average Bonchev–Trinajstić information content (AvgIpc) is 2.21. The molecule has 0 atom stereocenters. The van der Waals surface area contributed by atoms with Crippen molar-refractivity contribution in [1.29, 1.82) is 5.26 Å². The van der Waals surface area contributed by atoms with E-state index < -0.39 is 5.97 Å². The molecule has 0 aromatic heterocycles. The first-order valence-electron chi connectivity index (χ1n) is 3.92. The number of carbonyl (C=O) groups excluding carboxylic acids is 1. The van der Waals surface area contributed by atoms with Crippen molar-refractivity contribution in [1.82, 2.24) is 0 Å². The normalized spacial score (nSPS) is 9.29. The Morgan fingerprint density at radius 3 is 2.71 bits per heavy atom. The number of ether oxygens (including phenoxy) is 1. The lowest BCUT2D eigenvalue weighted by Gasteiger charge is -2.06. The second kappa shape index (κ2) is 4.16. The third kappa shape index (κ3) is 1.73. The molecule has 0 radical (unpaired) electrons. The SMILES string of the molecule is COC(=O)c1ccc(C#N)c(C)c1S. The fourth-order valence-electron chi connectivity index (χ4n) is 1.10. The molecule has 0 spiro atoms. The lowest BCUT2D eigenvalue weighted by molar-refractivity contribution is 0.0596. The van der Waals surface area contributed by atoms with Gasteiger partial charge in [0, 0.05) is 4.90 Å². The van der Waals surface area contributed by atoms with E-state index in [-0.39, 0.29) is 0 Å². The minimum Gasteiger partial charge on any atom is -0.465 e. The predicted molar refractivity (Wildman–Crippen MR) is 54.5 cm³/mol. The summed E-state index contributed by atoms with van der Waals surface area (Å²) in [7, 11) is 1.31. The van der Waals surface area contributed by atoms with Crippen LogP contribution in [0.2, 0.25) is 0 Å². The highest BCUT2D eigenvalue weighted by Crippen LogP contribution is 2.22. The number of methoxy groups -OCH3 is 1. The van der Waals surface area contributed by atoms with Gasteiger partial charge in [0.25, 0.3) is 0 Å². The molecular weight excluding hydrogens is 198 g/mol. The van der Waals surface area contributed by atoms with E-state index in [0.717, 1.165) is 0 Å². The van der Waals surface area contributed by atoms with Crippen LogP contribution in [0.3, 0.4) is 0 Å². The fraction of sp³-hybridized carbons (Fsp3) is 0.200. The molecule has 14 heavy (non-hydrogen) atoms. The summed E-state index contributed by atoms with van der Waals surface area (Å²) in [5, 5.41) is 8.73. The lowest BCUT2D eigenvalue weighted by Crippen LogP contribution is -2.04. The van der Waals surface area contributed by atoms with Crippen LogP contribution in [0.25, 0.3) is 0 Å². The highest BCUT2D eigenvalue weighted by atomic mass is 32.1. The summed E-state index contributed by atoms with van der Waals surface area (Å²) < 4.78 is 4.57. The number of rotatable bonds is 1. The Bertz CT molecular complexity index is 421. The first kappa shape index (κ1) is 10.6. The van der Waals surface area contributed by atoms with Gasteiger partial charge < -0.3 is 4.74 Å². The molecule has 1 aromatic carbocycles. The van der Waals surface area contributed by atoms with Gasteiger partial charge in [0.2, 0.25) is 0 Å². The van der Waals surface area contributed by atoms with Gasteiger partial charge in [0.05, 0.1) is 24.3 Å². The van der Waals surface area contributed by atoms with Crippen molar-refractivity contribution >= 4 is 18.6 Å². The van der Waals surface area contributed by atoms with Crippen molar-refractivity contribution in [3.05, 3.63) is 28.8 Å². The third-order valence-electron chi connectivity index (χ3n) is 1.96. The van der Waals surface area contributed by atoms with Gasteiger partial charge >= 0.3 is 5.97 Å². The molecule has 72 valence electrons. The van der Waals surface area contributed by atoms with E-state index in [9.17, 15) is 4.79 Å². The minimum absolute atomic E-state index is 0.382. The zero-order chi connectivity index (χ0) is 10.7. The summed E-state index contributed by atoms with van der Waals surface area (Å²) in [6.07, 6.45) is 0. The monoisotopic (exact) mass is 207 g/mol. The van der Waals surface area contributed by atoms with Gasteiger partial charge in [-0.05, 0) is 24.6 Å². The smallest absolute Gasteiger partial charge is 0.338 e. The van der Waals surface area contributed by atoms with E-state index in [4.69, 9.17) is 5.26 Å². The van der Waals surface area contributed by atoms with E-state index in [0.29, 0.717) is 21.6 Å². The molecule has 1 rings (SSSR count). The van der Waals surface area contributed by atoms with E-state index >= 15 is 0 Å². The Balaban J connectivity index is 3.33. The predicted octanol–water partition coefficient (Wildman–Crippen LogP) is 1.94. The molecular formula is C10H9NO2S. The highest BCUT2D eigenvalue weighted by molar-refractivity contribution is 7.80. The first-order valence-corrected chi connectivity index (χ1v) is 4.37. The Morgan fingerprint density at radius 2 is 2.21 bits per heavy atom. The molecule has 4 heteroatoms. The molecule has 1 aromatic rings. The van der Waals surface area contributed by atoms with Crippen LogP contribution in [0.4, 0.5) is 0 Å². The van der Waals surface area contributed by atoms with E-state index in [1.807, 2.05) is 6.07 Å². The van der Waals surface area contributed by atoms with Gasteiger partial charge in [-0.2, -0.15) is 5.26 Å². The van der Waals surface area contributed by atoms with Crippen molar-refractivity contribution in [2.75, 3.05) is 7.11 Å². The Hall–Kier alpha value is -1.47. The van der Waals surface area contributed by atoms with Crippen LogP contribution >= 0.6 is 12.6 Å². The van der Waals surface area contributed by atoms with Crippen LogP contribution < -0.4 is 0 Å². The fourth-order valence-corrected chi connectivity index (χ4v) is 1.38. The number of nitrogens with zero attached hydrogens (tertiary/aromatic N) is 1. The number of hydrogen-bond donors (Lipinski definition) is 1. The van der Waals surface area contributed by atoms with Crippen LogP contribution in [0, 0.1) is 18.3 Å². The number of nitriles is 1. The molecule has 0 N–H and O–H groups in total. The van der Waals surface area contributed by atoms with Crippen molar-refractivity contribution in [3.8, 4) is 6.07 Å². The van der Waals surface area contributed by atoms with Gasteiger partial charge in [-0.25, -0.2) is 4.79 Å². The Kier molecular flexibility index (Phi) is 3.15. The molecule has 0 bridgehead atoms. The minimum atomic E-state index is -0.442. The topological polar surface area (TPSA) is 50.1 Å². The highest BCUT2D eigenvalue weighted by Gasteiger charge is 2.13. The van der Waals surface area contributed by atoms with Gasteiger partial charge in [0.1, 0.15) is 0 Å². The van der Waals surface area contributed by atoms with Crippen molar-refractivity contribution in [3.63, 3.8) is 0 Å². The maximum atomic E-state index is 11.2. The second-order valence-corrected chi connectivity index (χ2v) is 3.18. The third-order valence-corrected chi connectivity index (χ3v) is 2.53. The number of esters is 1. The summed E-state index contributed by atoms with van der Waals surface area (Å²) in [6, 6.07) is 5.15. The van der Waals surface area contributed by atoms with E-state index in [1.165, 1.54) is 7.11 Å². The Morgan fingerprint density at radius 1 is 1.57 bits per heavy atom. The lowest BCUT2D eigenvalue weighted by atomic mass is 10.1. The van der Waals surface area contributed by atoms with Crippen molar-refractivity contribution < 1.29 is 9.53 Å². The molecule has 0 saturated heterocycles. The van der Waals surface area contributed by atoms with Gasteiger partial charge in [-0.1, -0.05) is 0 Å². The molecule has 0 aliphatic heterocycles. The summed E-state index contributed by atoms with van der Waals surface area (Å²) in [4.78, 5) is 11.7. The zero-order valence-corrected chi connectivity index (χ0v) is 8.76. The molecule has 0 heterocycles. The van der Waals surface area contributed by atoms with Gasteiger partial charge in [-0.3, -0.25) is 0 Å². The first-order chi connectivity index (χ1) is 6.61. The molecule has 0 unspecified atom stereocenters. The molecule has 0 aliphatic carbocycles. The maximum absolute atomic E-state index is 11.2. The van der Waals surface area contributed by atoms with Crippen molar-refractivity contribution in [2.45, 2.75) is 11.8 Å². The van der Waals surface area contributed by atoms with Crippen LogP contribution in [-0.4, -0.2) is 13.1 Å².